The van der Waals surface area contributed by atoms with Gasteiger partial charge in [-0.05, 0) is 25.0 Å². The van der Waals surface area contributed by atoms with E-state index in [1.54, 1.807) is 24.5 Å². The van der Waals surface area contributed by atoms with Gasteiger partial charge in [-0.3, -0.25) is 15.1 Å². The summed E-state index contributed by atoms with van der Waals surface area (Å²) >= 11 is 0. The summed E-state index contributed by atoms with van der Waals surface area (Å²) in [4.78, 5) is 14.8. The van der Waals surface area contributed by atoms with E-state index in [1.165, 1.54) is 6.07 Å². The summed E-state index contributed by atoms with van der Waals surface area (Å²) in [5, 5.41) is 15.8. The Kier molecular flexibility index (Phi) is 3.47. The van der Waals surface area contributed by atoms with Crippen molar-refractivity contribution in [2.24, 2.45) is 0 Å². The summed E-state index contributed by atoms with van der Waals surface area (Å²) in [5.74, 6) is 0. The highest BCUT2D eigenvalue weighted by Crippen LogP contribution is 2.31. The minimum absolute atomic E-state index is 0.104. The molecule has 1 saturated heterocycles. The van der Waals surface area contributed by atoms with Gasteiger partial charge in [-0.2, -0.15) is 0 Å². The number of non-ortho nitro benzene ring substituents is 1. The lowest BCUT2D eigenvalue weighted by Crippen LogP contribution is -2.30. The molecular formula is C14H15N3O3. The van der Waals surface area contributed by atoms with Crippen molar-refractivity contribution < 1.29 is 9.66 Å². The molecule has 1 atom stereocenters. The number of hydrogen-bond donors (Lipinski definition) is 1. The molecule has 0 aliphatic carbocycles. The summed E-state index contributed by atoms with van der Waals surface area (Å²) in [6, 6.07) is 5.20. The average molecular weight is 273 g/mol. The molecule has 2 heterocycles. The Hall–Kier alpha value is -2.21. The van der Waals surface area contributed by atoms with Gasteiger partial charge in [-0.25, -0.2) is 0 Å². The number of nitro groups is 1. The van der Waals surface area contributed by atoms with Crippen LogP contribution in [-0.2, 0) is 4.74 Å². The van der Waals surface area contributed by atoms with E-state index in [2.05, 4.69) is 10.3 Å². The number of nitrogens with one attached hydrogen (secondary N) is 1. The van der Waals surface area contributed by atoms with E-state index in [1.807, 2.05) is 0 Å². The van der Waals surface area contributed by atoms with Crippen molar-refractivity contribution in [3.63, 3.8) is 0 Å². The van der Waals surface area contributed by atoms with Crippen LogP contribution in [0.15, 0.2) is 30.6 Å². The third-order valence-corrected chi connectivity index (χ3v) is 3.51. The Bertz CT molecular complexity index is 639. The predicted octanol–water partition coefficient (Wildman–Crippen LogP) is 2.73. The second-order valence-electron chi connectivity index (χ2n) is 4.87. The molecule has 1 aliphatic heterocycles. The first kappa shape index (κ1) is 12.8. The monoisotopic (exact) mass is 273 g/mol. The quantitative estimate of drug-likeness (QED) is 0.687. The molecule has 0 spiro atoms. The standard InChI is InChI=1S/C14H15N3O3/c18-17(19)14-4-3-13(12-8-15-6-5-11(12)14)16-10-2-1-7-20-9-10/h3-6,8,10,16H,1-2,7,9H2. The van der Waals surface area contributed by atoms with Gasteiger partial charge in [0.15, 0.2) is 0 Å². The minimum atomic E-state index is -0.365. The molecule has 1 N–H and O–H groups in total. The van der Waals surface area contributed by atoms with Gasteiger partial charge in [0.25, 0.3) is 5.69 Å². The number of benzene rings is 1. The minimum Gasteiger partial charge on any atom is -0.379 e. The molecule has 1 aliphatic rings. The van der Waals surface area contributed by atoms with Crippen molar-refractivity contribution in [1.82, 2.24) is 4.98 Å². The largest absolute Gasteiger partial charge is 0.379 e. The van der Waals surface area contributed by atoms with Crippen LogP contribution in [-0.4, -0.2) is 29.2 Å². The lowest BCUT2D eigenvalue weighted by molar-refractivity contribution is -0.383. The Morgan fingerprint density at radius 1 is 1.35 bits per heavy atom. The molecule has 0 amide bonds. The fourth-order valence-corrected chi connectivity index (χ4v) is 2.53. The third kappa shape index (κ3) is 2.42. The number of aromatic nitrogens is 1. The molecule has 2 aromatic rings. The first-order chi connectivity index (χ1) is 9.75. The second kappa shape index (κ2) is 5.42. The van der Waals surface area contributed by atoms with Crippen LogP contribution in [0.3, 0.4) is 0 Å². The molecule has 0 bridgehead atoms. The predicted molar refractivity (Wildman–Crippen MR) is 75.9 cm³/mol. The lowest BCUT2D eigenvalue weighted by Gasteiger charge is -2.24. The molecular weight excluding hydrogens is 258 g/mol. The van der Waals surface area contributed by atoms with Gasteiger partial charge in [0.2, 0.25) is 0 Å². The molecule has 6 heteroatoms. The van der Waals surface area contributed by atoms with Crippen LogP contribution in [0.2, 0.25) is 0 Å². The van der Waals surface area contributed by atoms with Crippen LogP contribution in [0.4, 0.5) is 11.4 Å². The van der Waals surface area contributed by atoms with E-state index < -0.39 is 0 Å². The van der Waals surface area contributed by atoms with Gasteiger partial charge in [0, 0.05) is 42.2 Å². The Morgan fingerprint density at radius 2 is 2.25 bits per heavy atom. The Balaban J connectivity index is 1.99. The highest BCUT2D eigenvalue weighted by Gasteiger charge is 2.18. The number of fused-ring (bicyclic) bond motifs is 1. The van der Waals surface area contributed by atoms with Gasteiger partial charge in [0.1, 0.15) is 0 Å². The molecule has 104 valence electrons. The van der Waals surface area contributed by atoms with E-state index >= 15 is 0 Å². The molecule has 6 nitrogen and oxygen atoms in total. The molecule has 1 fully saturated rings. The van der Waals surface area contributed by atoms with Crippen molar-refractivity contribution >= 4 is 22.1 Å². The molecule has 1 aromatic heterocycles. The summed E-state index contributed by atoms with van der Waals surface area (Å²) < 4.78 is 5.44. The van der Waals surface area contributed by atoms with Crippen molar-refractivity contribution in [1.29, 1.82) is 0 Å². The van der Waals surface area contributed by atoms with Crippen LogP contribution >= 0.6 is 0 Å². The van der Waals surface area contributed by atoms with Crippen LogP contribution < -0.4 is 5.32 Å². The number of ether oxygens (including phenoxy) is 1. The maximum Gasteiger partial charge on any atom is 0.277 e. The average Bonchev–Trinajstić information content (AvgIpc) is 2.48. The number of anilines is 1. The Labute approximate surface area is 115 Å². The first-order valence-electron chi connectivity index (χ1n) is 6.61. The van der Waals surface area contributed by atoms with Crippen molar-refractivity contribution in [3.05, 3.63) is 40.7 Å². The highest BCUT2D eigenvalue weighted by molar-refractivity contribution is 5.99. The van der Waals surface area contributed by atoms with Crippen LogP contribution in [0.25, 0.3) is 10.8 Å². The molecule has 1 aromatic carbocycles. The second-order valence-corrected chi connectivity index (χ2v) is 4.87. The fraction of sp³-hybridized carbons (Fsp3) is 0.357. The first-order valence-corrected chi connectivity index (χ1v) is 6.61. The van der Waals surface area contributed by atoms with E-state index in [0.29, 0.717) is 12.0 Å². The molecule has 3 rings (SSSR count). The zero-order valence-corrected chi connectivity index (χ0v) is 10.9. The molecule has 1 unspecified atom stereocenters. The maximum absolute atomic E-state index is 11.1. The molecule has 20 heavy (non-hydrogen) atoms. The van der Waals surface area contributed by atoms with Crippen LogP contribution in [0.5, 0.6) is 0 Å². The van der Waals surface area contributed by atoms with Gasteiger partial charge in [-0.15, -0.1) is 0 Å². The maximum atomic E-state index is 11.1. The van der Waals surface area contributed by atoms with Gasteiger partial charge < -0.3 is 10.1 Å². The van der Waals surface area contributed by atoms with Gasteiger partial charge in [0.05, 0.1) is 16.9 Å². The summed E-state index contributed by atoms with van der Waals surface area (Å²) in [7, 11) is 0. The van der Waals surface area contributed by atoms with E-state index in [0.717, 1.165) is 30.5 Å². The van der Waals surface area contributed by atoms with E-state index in [-0.39, 0.29) is 16.7 Å². The molecule has 0 saturated carbocycles. The number of rotatable bonds is 3. The zero-order chi connectivity index (χ0) is 13.9. The van der Waals surface area contributed by atoms with Crippen molar-refractivity contribution in [2.45, 2.75) is 18.9 Å². The molecule has 0 radical (unpaired) electrons. The van der Waals surface area contributed by atoms with Crippen molar-refractivity contribution in [3.8, 4) is 0 Å². The normalized spacial score (nSPS) is 18.9. The van der Waals surface area contributed by atoms with E-state index in [9.17, 15) is 10.1 Å². The fourth-order valence-electron chi connectivity index (χ4n) is 2.53. The van der Waals surface area contributed by atoms with Gasteiger partial charge >= 0.3 is 0 Å². The Morgan fingerprint density at radius 3 is 3.00 bits per heavy atom. The van der Waals surface area contributed by atoms with Crippen LogP contribution in [0.1, 0.15) is 12.8 Å². The van der Waals surface area contributed by atoms with Crippen LogP contribution in [0, 0.1) is 10.1 Å². The SMILES string of the molecule is O=[N+]([O-])c1ccc(NC2CCCOC2)c2cnccc12. The lowest BCUT2D eigenvalue weighted by atomic mass is 10.1. The van der Waals surface area contributed by atoms with Gasteiger partial charge in [-0.1, -0.05) is 0 Å². The zero-order valence-electron chi connectivity index (χ0n) is 10.9. The smallest absolute Gasteiger partial charge is 0.277 e. The number of pyridine rings is 1. The number of hydrogen-bond acceptors (Lipinski definition) is 5. The number of nitro benzene ring substituents is 1. The number of nitrogens with zero attached hydrogens (tertiary/aromatic N) is 2. The topological polar surface area (TPSA) is 77.3 Å². The summed E-state index contributed by atoms with van der Waals surface area (Å²) in [6.07, 6.45) is 5.30. The van der Waals surface area contributed by atoms with E-state index in [4.69, 9.17) is 4.74 Å². The highest BCUT2D eigenvalue weighted by atomic mass is 16.6. The summed E-state index contributed by atoms with van der Waals surface area (Å²) in [6.45, 7) is 1.47. The summed E-state index contributed by atoms with van der Waals surface area (Å²) in [5.41, 5.74) is 0.974. The third-order valence-electron chi connectivity index (χ3n) is 3.51. The van der Waals surface area contributed by atoms with Crippen molar-refractivity contribution in [2.75, 3.05) is 18.5 Å².